The number of rotatable bonds is 4. The number of benzene rings is 2. The zero-order chi connectivity index (χ0) is 16.9. The predicted molar refractivity (Wildman–Crippen MR) is 99.5 cm³/mol. The number of hydrogen-bond donors (Lipinski definition) is 1. The minimum Gasteiger partial charge on any atom is -0.324 e. The average molecular weight is 363 g/mol. The van der Waals surface area contributed by atoms with Gasteiger partial charge in [0.25, 0.3) is 0 Å². The maximum absolute atomic E-state index is 12.6. The Morgan fingerprint density at radius 1 is 1.17 bits per heavy atom. The molecule has 1 unspecified atom stereocenters. The van der Waals surface area contributed by atoms with Gasteiger partial charge in [-0.1, -0.05) is 47.5 Å². The maximum Gasteiger partial charge on any atom is 0.228 e. The number of likely N-dealkylation sites (tertiary alicyclic amines) is 1. The lowest BCUT2D eigenvalue weighted by Crippen LogP contribution is -2.40. The van der Waals surface area contributed by atoms with Gasteiger partial charge in [-0.05, 0) is 49.2 Å². The summed E-state index contributed by atoms with van der Waals surface area (Å²) in [6.45, 7) is 2.57. The summed E-state index contributed by atoms with van der Waals surface area (Å²) in [7, 11) is 0. The van der Waals surface area contributed by atoms with Crippen LogP contribution in [0.3, 0.4) is 0 Å². The van der Waals surface area contributed by atoms with E-state index >= 15 is 0 Å². The number of piperidine rings is 1. The summed E-state index contributed by atoms with van der Waals surface area (Å²) in [5, 5.41) is 4.27. The Bertz CT molecular complexity index is 720. The lowest BCUT2D eigenvalue weighted by Gasteiger charge is -2.32. The first kappa shape index (κ1) is 17.3. The Hall–Kier alpha value is -1.55. The number of amides is 1. The molecule has 0 aliphatic carbocycles. The summed E-state index contributed by atoms with van der Waals surface area (Å²) < 4.78 is 0. The maximum atomic E-state index is 12.6. The Morgan fingerprint density at radius 3 is 2.79 bits per heavy atom. The molecule has 0 radical (unpaired) electrons. The first-order chi connectivity index (χ1) is 11.6. The molecule has 3 nitrogen and oxygen atoms in total. The highest BCUT2D eigenvalue weighted by molar-refractivity contribution is 6.33. The SMILES string of the molecule is O=C(Nc1ccccc1Cl)C1CCCN(Cc2cccc(Cl)c2)C1. The van der Waals surface area contributed by atoms with Gasteiger partial charge in [-0.15, -0.1) is 0 Å². The van der Waals surface area contributed by atoms with E-state index in [2.05, 4.69) is 16.3 Å². The van der Waals surface area contributed by atoms with E-state index in [4.69, 9.17) is 23.2 Å². The third kappa shape index (κ3) is 4.50. The van der Waals surface area contributed by atoms with Gasteiger partial charge in [0.05, 0.1) is 16.6 Å². The monoisotopic (exact) mass is 362 g/mol. The van der Waals surface area contributed by atoms with Gasteiger partial charge in [-0.2, -0.15) is 0 Å². The van der Waals surface area contributed by atoms with Crippen molar-refractivity contribution < 1.29 is 4.79 Å². The first-order valence-corrected chi connectivity index (χ1v) is 8.89. The molecule has 2 aromatic carbocycles. The zero-order valence-electron chi connectivity index (χ0n) is 13.3. The van der Waals surface area contributed by atoms with Crippen molar-refractivity contribution in [3.8, 4) is 0 Å². The molecule has 0 aromatic heterocycles. The smallest absolute Gasteiger partial charge is 0.228 e. The van der Waals surface area contributed by atoms with Crippen molar-refractivity contribution in [3.63, 3.8) is 0 Å². The largest absolute Gasteiger partial charge is 0.324 e. The van der Waals surface area contributed by atoms with Gasteiger partial charge in [0.2, 0.25) is 5.91 Å². The number of halogens is 2. The third-order valence-electron chi connectivity index (χ3n) is 4.30. The van der Waals surface area contributed by atoms with E-state index < -0.39 is 0 Å². The molecule has 1 N–H and O–H groups in total. The van der Waals surface area contributed by atoms with Crippen molar-refractivity contribution in [1.82, 2.24) is 4.90 Å². The van der Waals surface area contributed by atoms with Gasteiger partial charge in [-0.25, -0.2) is 0 Å². The molecule has 1 aliphatic rings. The van der Waals surface area contributed by atoms with Crippen LogP contribution in [0.15, 0.2) is 48.5 Å². The van der Waals surface area contributed by atoms with Crippen molar-refractivity contribution in [2.24, 2.45) is 5.92 Å². The molecular weight excluding hydrogens is 343 g/mol. The lowest BCUT2D eigenvalue weighted by atomic mass is 9.96. The fourth-order valence-electron chi connectivity index (χ4n) is 3.10. The van der Waals surface area contributed by atoms with Crippen LogP contribution in [0.4, 0.5) is 5.69 Å². The minimum absolute atomic E-state index is 0.0193. The minimum atomic E-state index is -0.0193. The second kappa shape index (κ2) is 8.02. The summed E-state index contributed by atoms with van der Waals surface area (Å²) in [6.07, 6.45) is 1.92. The summed E-state index contributed by atoms with van der Waals surface area (Å²) in [5.41, 5.74) is 1.85. The van der Waals surface area contributed by atoms with Crippen molar-refractivity contribution >= 4 is 34.8 Å². The standard InChI is InChI=1S/C19H20Cl2N2O/c20-16-7-3-5-14(11-16)12-23-10-4-6-15(13-23)19(24)22-18-9-2-1-8-17(18)21/h1-3,5,7-9,11,15H,4,6,10,12-13H2,(H,22,24). The molecule has 1 fully saturated rings. The fraction of sp³-hybridized carbons (Fsp3) is 0.316. The quantitative estimate of drug-likeness (QED) is 0.843. The highest BCUT2D eigenvalue weighted by atomic mass is 35.5. The molecule has 126 valence electrons. The second-order valence-electron chi connectivity index (χ2n) is 6.17. The van der Waals surface area contributed by atoms with Crippen LogP contribution in [0.25, 0.3) is 0 Å². The Kier molecular flexibility index (Phi) is 5.77. The molecule has 0 saturated carbocycles. The fourth-order valence-corrected chi connectivity index (χ4v) is 3.50. The van der Waals surface area contributed by atoms with Crippen LogP contribution in [0.1, 0.15) is 18.4 Å². The number of anilines is 1. The van der Waals surface area contributed by atoms with E-state index in [1.165, 1.54) is 5.56 Å². The average Bonchev–Trinajstić information content (AvgIpc) is 2.57. The Morgan fingerprint density at radius 2 is 2.00 bits per heavy atom. The van der Waals surface area contributed by atoms with E-state index in [1.54, 1.807) is 6.07 Å². The molecule has 1 aliphatic heterocycles. The van der Waals surface area contributed by atoms with Crippen molar-refractivity contribution in [2.75, 3.05) is 18.4 Å². The number of hydrogen-bond acceptors (Lipinski definition) is 2. The van der Waals surface area contributed by atoms with Gasteiger partial charge in [0, 0.05) is 18.1 Å². The van der Waals surface area contributed by atoms with Gasteiger partial charge in [0.15, 0.2) is 0 Å². The van der Waals surface area contributed by atoms with Crippen LogP contribution >= 0.6 is 23.2 Å². The Balaban J connectivity index is 1.60. The van der Waals surface area contributed by atoms with Crippen molar-refractivity contribution in [2.45, 2.75) is 19.4 Å². The van der Waals surface area contributed by atoms with Crippen LogP contribution in [0, 0.1) is 5.92 Å². The molecule has 1 saturated heterocycles. The Labute approximate surface area is 152 Å². The van der Waals surface area contributed by atoms with Gasteiger partial charge in [-0.3, -0.25) is 9.69 Å². The lowest BCUT2D eigenvalue weighted by molar-refractivity contribution is -0.121. The van der Waals surface area contributed by atoms with Crippen LogP contribution in [-0.2, 0) is 11.3 Å². The van der Waals surface area contributed by atoms with Crippen LogP contribution in [0.2, 0.25) is 10.0 Å². The molecule has 0 bridgehead atoms. The second-order valence-corrected chi connectivity index (χ2v) is 7.02. The first-order valence-electron chi connectivity index (χ1n) is 8.14. The number of nitrogens with zero attached hydrogens (tertiary/aromatic N) is 1. The summed E-state index contributed by atoms with van der Waals surface area (Å²) in [4.78, 5) is 14.9. The van der Waals surface area contributed by atoms with E-state index in [9.17, 15) is 4.79 Å². The van der Waals surface area contributed by atoms with Crippen molar-refractivity contribution in [1.29, 1.82) is 0 Å². The number of carbonyl (C=O) groups excluding carboxylic acids is 1. The summed E-state index contributed by atoms with van der Waals surface area (Å²) >= 11 is 12.2. The highest BCUT2D eigenvalue weighted by Gasteiger charge is 2.26. The van der Waals surface area contributed by atoms with Crippen molar-refractivity contribution in [3.05, 3.63) is 64.1 Å². The molecule has 1 amide bonds. The number of nitrogens with one attached hydrogen (secondary N) is 1. The predicted octanol–water partition coefficient (Wildman–Crippen LogP) is 4.84. The molecular formula is C19H20Cl2N2O. The normalized spacial score (nSPS) is 18.3. The number of para-hydroxylation sites is 1. The zero-order valence-corrected chi connectivity index (χ0v) is 14.9. The summed E-state index contributed by atoms with van der Waals surface area (Å²) in [6, 6.07) is 15.2. The van der Waals surface area contributed by atoms with Gasteiger partial charge >= 0.3 is 0 Å². The molecule has 0 spiro atoms. The third-order valence-corrected chi connectivity index (χ3v) is 4.87. The van der Waals surface area contributed by atoms with E-state index in [-0.39, 0.29) is 11.8 Å². The van der Waals surface area contributed by atoms with Crippen LogP contribution in [0.5, 0.6) is 0 Å². The van der Waals surface area contributed by atoms with Crippen LogP contribution < -0.4 is 5.32 Å². The topological polar surface area (TPSA) is 32.3 Å². The molecule has 3 rings (SSSR count). The molecule has 1 heterocycles. The van der Waals surface area contributed by atoms with Gasteiger partial charge < -0.3 is 5.32 Å². The highest BCUT2D eigenvalue weighted by Crippen LogP contribution is 2.24. The summed E-state index contributed by atoms with van der Waals surface area (Å²) in [5.74, 6) is 0.0214. The number of carbonyl (C=O) groups is 1. The van der Waals surface area contributed by atoms with Gasteiger partial charge in [0.1, 0.15) is 0 Å². The van der Waals surface area contributed by atoms with E-state index in [0.29, 0.717) is 10.7 Å². The van der Waals surface area contributed by atoms with E-state index in [1.807, 2.05) is 36.4 Å². The molecule has 24 heavy (non-hydrogen) atoms. The van der Waals surface area contributed by atoms with E-state index in [0.717, 1.165) is 37.5 Å². The molecule has 1 atom stereocenters. The molecule has 5 heteroatoms. The van der Waals surface area contributed by atoms with Crippen LogP contribution in [-0.4, -0.2) is 23.9 Å². The molecule has 2 aromatic rings.